The van der Waals surface area contributed by atoms with E-state index in [0.717, 1.165) is 22.8 Å². The van der Waals surface area contributed by atoms with Gasteiger partial charge in [0.1, 0.15) is 5.82 Å². The van der Waals surface area contributed by atoms with Crippen molar-refractivity contribution >= 4 is 0 Å². The normalized spacial score (nSPS) is 11.2. The van der Waals surface area contributed by atoms with Gasteiger partial charge in [-0.2, -0.15) is 0 Å². The fourth-order valence-electron chi connectivity index (χ4n) is 2.05. The minimum absolute atomic E-state index is 0.124. The van der Waals surface area contributed by atoms with Crippen LogP contribution in [0.15, 0.2) is 24.3 Å². The van der Waals surface area contributed by atoms with Crippen LogP contribution in [0.1, 0.15) is 36.8 Å². The van der Waals surface area contributed by atoms with Crippen molar-refractivity contribution in [1.82, 2.24) is 9.97 Å². The number of H-pyrrole nitrogens is 1. The Kier molecular flexibility index (Phi) is 3.82. The zero-order valence-corrected chi connectivity index (χ0v) is 11.2. The molecule has 0 aliphatic heterocycles. The van der Waals surface area contributed by atoms with Crippen LogP contribution in [0.5, 0.6) is 0 Å². The van der Waals surface area contributed by atoms with Crippen molar-refractivity contribution in [3.8, 4) is 11.3 Å². The monoisotopic (exact) mass is 244 g/mol. The highest BCUT2D eigenvalue weighted by Crippen LogP contribution is 2.23. The van der Waals surface area contributed by atoms with Gasteiger partial charge in [-0.05, 0) is 18.4 Å². The fraction of sp³-hybridized carbons (Fsp3) is 0.400. The topological polar surface area (TPSA) is 48.9 Å². The molecule has 0 saturated carbocycles. The summed E-state index contributed by atoms with van der Waals surface area (Å²) in [5, 5.41) is 8.93. The molecule has 0 amide bonds. The molecule has 2 rings (SSSR count). The number of aryl methyl sites for hydroxylation is 1. The van der Waals surface area contributed by atoms with E-state index < -0.39 is 0 Å². The molecule has 2 N–H and O–H groups in total. The number of aromatic amines is 1. The van der Waals surface area contributed by atoms with E-state index in [1.807, 2.05) is 6.92 Å². The van der Waals surface area contributed by atoms with E-state index in [1.165, 1.54) is 5.56 Å². The van der Waals surface area contributed by atoms with Gasteiger partial charge >= 0.3 is 0 Å². The molecule has 0 aliphatic rings. The lowest BCUT2D eigenvalue weighted by Gasteiger charge is -2.06. The summed E-state index contributed by atoms with van der Waals surface area (Å²) in [5.41, 5.74) is 4.49. The molecule has 0 atom stereocenters. The van der Waals surface area contributed by atoms with Gasteiger partial charge in [0.25, 0.3) is 0 Å². The lowest BCUT2D eigenvalue weighted by Crippen LogP contribution is -1.92. The average Bonchev–Trinajstić information content (AvgIpc) is 2.71. The van der Waals surface area contributed by atoms with Crippen LogP contribution in [0.4, 0.5) is 0 Å². The van der Waals surface area contributed by atoms with E-state index in [9.17, 15) is 0 Å². The van der Waals surface area contributed by atoms with Crippen LogP contribution in [0, 0.1) is 6.92 Å². The third-order valence-electron chi connectivity index (χ3n) is 3.13. The lowest BCUT2D eigenvalue weighted by molar-refractivity contribution is 0.297. The maximum Gasteiger partial charge on any atom is 0.109 e. The predicted molar refractivity (Wildman–Crippen MR) is 73.6 cm³/mol. The molecule has 18 heavy (non-hydrogen) atoms. The zero-order chi connectivity index (χ0) is 13.1. The van der Waals surface area contributed by atoms with Gasteiger partial charge in [0.05, 0.1) is 12.3 Å². The standard InChI is InChI=1S/C15H20N2O/c1-10(2)12-4-6-13(7-5-12)15-11(3)16-14(17-15)8-9-18/h4-7,10,18H,8-9H2,1-3H3,(H,16,17). The van der Waals surface area contributed by atoms with Crippen molar-refractivity contribution in [3.63, 3.8) is 0 Å². The van der Waals surface area contributed by atoms with Crippen molar-refractivity contribution < 1.29 is 5.11 Å². The van der Waals surface area contributed by atoms with Gasteiger partial charge in [-0.3, -0.25) is 0 Å². The first-order valence-electron chi connectivity index (χ1n) is 6.38. The fourth-order valence-corrected chi connectivity index (χ4v) is 2.05. The number of imidazole rings is 1. The second-order valence-corrected chi connectivity index (χ2v) is 4.91. The Labute approximate surface area is 108 Å². The summed E-state index contributed by atoms with van der Waals surface area (Å²) in [6, 6.07) is 8.53. The Morgan fingerprint density at radius 1 is 1.22 bits per heavy atom. The van der Waals surface area contributed by atoms with Gasteiger partial charge in [-0.1, -0.05) is 38.1 Å². The number of aromatic nitrogens is 2. The highest BCUT2D eigenvalue weighted by Gasteiger charge is 2.09. The summed E-state index contributed by atoms with van der Waals surface area (Å²) in [4.78, 5) is 7.74. The molecule has 0 fully saturated rings. The molecule has 3 heteroatoms. The SMILES string of the molecule is Cc1[nH]c(CCO)nc1-c1ccc(C(C)C)cc1. The molecule has 0 aliphatic carbocycles. The summed E-state index contributed by atoms with van der Waals surface area (Å²) >= 11 is 0. The third-order valence-corrected chi connectivity index (χ3v) is 3.13. The van der Waals surface area contributed by atoms with Gasteiger partial charge in [0, 0.05) is 17.7 Å². The Morgan fingerprint density at radius 3 is 2.44 bits per heavy atom. The minimum atomic E-state index is 0.124. The number of aliphatic hydroxyl groups excluding tert-OH is 1. The number of aliphatic hydroxyl groups is 1. The molecule has 96 valence electrons. The second kappa shape index (κ2) is 5.36. The summed E-state index contributed by atoms with van der Waals surface area (Å²) in [7, 11) is 0. The molecule has 0 unspecified atom stereocenters. The number of nitrogens with zero attached hydrogens (tertiary/aromatic N) is 1. The molecule has 0 bridgehead atoms. The number of hydrogen-bond acceptors (Lipinski definition) is 2. The van der Waals surface area contributed by atoms with E-state index in [4.69, 9.17) is 5.11 Å². The van der Waals surface area contributed by atoms with Crippen molar-refractivity contribution in [2.75, 3.05) is 6.61 Å². The maximum atomic E-state index is 8.93. The quantitative estimate of drug-likeness (QED) is 0.868. The average molecular weight is 244 g/mol. The summed E-state index contributed by atoms with van der Waals surface area (Å²) in [6.45, 7) is 6.51. The van der Waals surface area contributed by atoms with Crippen LogP contribution >= 0.6 is 0 Å². The Bertz CT molecular complexity index is 512. The Balaban J connectivity index is 2.30. The Hall–Kier alpha value is -1.61. The van der Waals surface area contributed by atoms with Gasteiger partial charge < -0.3 is 10.1 Å². The van der Waals surface area contributed by atoms with Crippen LogP contribution in [-0.4, -0.2) is 21.7 Å². The first kappa shape index (κ1) is 12.8. The summed E-state index contributed by atoms with van der Waals surface area (Å²) < 4.78 is 0. The molecule has 1 aromatic heterocycles. The zero-order valence-electron chi connectivity index (χ0n) is 11.2. The van der Waals surface area contributed by atoms with Crippen molar-refractivity contribution in [2.45, 2.75) is 33.1 Å². The summed E-state index contributed by atoms with van der Waals surface area (Å²) in [6.07, 6.45) is 0.574. The summed E-state index contributed by atoms with van der Waals surface area (Å²) in [5.74, 6) is 1.39. The van der Waals surface area contributed by atoms with E-state index in [-0.39, 0.29) is 6.61 Å². The van der Waals surface area contributed by atoms with Gasteiger partial charge in [-0.25, -0.2) is 4.98 Å². The van der Waals surface area contributed by atoms with Crippen LogP contribution in [-0.2, 0) is 6.42 Å². The van der Waals surface area contributed by atoms with E-state index in [0.29, 0.717) is 12.3 Å². The van der Waals surface area contributed by atoms with Crippen molar-refractivity contribution in [1.29, 1.82) is 0 Å². The molecule has 0 saturated heterocycles. The molecule has 2 aromatic rings. The number of benzene rings is 1. The lowest BCUT2D eigenvalue weighted by atomic mass is 10.0. The molecule has 3 nitrogen and oxygen atoms in total. The predicted octanol–water partition coefficient (Wildman–Crippen LogP) is 3.04. The maximum absolute atomic E-state index is 8.93. The van der Waals surface area contributed by atoms with Crippen LogP contribution < -0.4 is 0 Å². The van der Waals surface area contributed by atoms with E-state index in [2.05, 4.69) is 48.1 Å². The van der Waals surface area contributed by atoms with Crippen LogP contribution in [0.2, 0.25) is 0 Å². The molecule has 1 heterocycles. The molecule has 0 radical (unpaired) electrons. The highest BCUT2D eigenvalue weighted by atomic mass is 16.3. The number of nitrogens with one attached hydrogen (secondary N) is 1. The smallest absolute Gasteiger partial charge is 0.109 e. The van der Waals surface area contributed by atoms with Crippen LogP contribution in [0.25, 0.3) is 11.3 Å². The molecule has 1 aromatic carbocycles. The van der Waals surface area contributed by atoms with Crippen LogP contribution in [0.3, 0.4) is 0 Å². The largest absolute Gasteiger partial charge is 0.396 e. The first-order valence-corrected chi connectivity index (χ1v) is 6.38. The van der Waals surface area contributed by atoms with E-state index >= 15 is 0 Å². The molecular formula is C15H20N2O. The third kappa shape index (κ3) is 2.62. The van der Waals surface area contributed by atoms with Crippen molar-refractivity contribution in [2.24, 2.45) is 0 Å². The molecule has 0 spiro atoms. The van der Waals surface area contributed by atoms with Gasteiger partial charge in [0.2, 0.25) is 0 Å². The molecular weight excluding hydrogens is 224 g/mol. The highest BCUT2D eigenvalue weighted by molar-refractivity contribution is 5.62. The second-order valence-electron chi connectivity index (χ2n) is 4.91. The van der Waals surface area contributed by atoms with E-state index in [1.54, 1.807) is 0 Å². The van der Waals surface area contributed by atoms with Crippen molar-refractivity contribution in [3.05, 3.63) is 41.3 Å². The minimum Gasteiger partial charge on any atom is -0.396 e. The number of hydrogen-bond donors (Lipinski definition) is 2. The Morgan fingerprint density at radius 2 is 1.89 bits per heavy atom. The number of rotatable bonds is 4. The van der Waals surface area contributed by atoms with Gasteiger partial charge in [0.15, 0.2) is 0 Å². The first-order chi connectivity index (χ1) is 8.61. The van der Waals surface area contributed by atoms with Gasteiger partial charge in [-0.15, -0.1) is 0 Å².